The summed E-state index contributed by atoms with van der Waals surface area (Å²) in [5.41, 5.74) is 1.95. The van der Waals surface area contributed by atoms with Crippen LogP contribution in [0.3, 0.4) is 0 Å². The van der Waals surface area contributed by atoms with E-state index in [-0.39, 0.29) is 5.91 Å². The number of H-pyrrole nitrogens is 1. The van der Waals surface area contributed by atoms with Gasteiger partial charge in [0.25, 0.3) is 5.91 Å². The lowest BCUT2D eigenvalue weighted by molar-refractivity contribution is 0.0778. The van der Waals surface area contributed by atoms with E-state index in [1.807, 2.05) is 12.3 Å². The number of rotatable bonds is 3. The number of aromatic amines is 1. The Hall–Kier alpha value is -1.76. The van der Waals surface area contributed by atoms with Crippen molar-refractivity contribution in [3.05, 3.63) is 27.5 Å². The maximum atomic E-state index is 12.0. The van der Waals surface area contributed by atoms with Gasteiger partial charge in [0, 0.05) is 18.1 Å². The zero-order valence-electron chi connectivity index (χ0n) is 9.89. The van der Waals surface area contributed by atoms with Crippen molar-refractivity contribution in [2.75, 3.05) is 7.05 Å². The van der Waals surface area contributed by atoms with Crippen molar-refractivity contribution < 1.29 is 4.79 Å². The van der Waals surface area contributed by atoms with Crippen molar-refractivity contribution in [1.29, 1.82) is 0 Å². The molecule has 0 aliphatic rings. The van der Waals surface area contributed by atoms with Crippen molar-refractivity contribution in [2.45, 2.75) is 20.4 Å². The molecule has 0 saturated heterocycles. The molecule has 2 aromatic rings. The average molecular weight is 251 g/mol. The van der Waals surface area contributed by atoms with E-state index < -0.39 is 0 Å². The molecule has 90 valence electrons. The summed E-state index contributed by atoms with van der Waals surface area (Å²) in [5.74, 6) is -0.149. The second kappa shape index (κ2) is 4.62. The zero-order chi connectivity index (χ0) is 12.4. The van der Waals surface area contributed by atoms with E-state index in [0.717, 1.165) is 10.7 Å². The maximum Gasteiger partial charge on any atom is 0.276 e. The van der Waals surface area contributed by atoms with Gasteiger partial charge in [-0.05, 0) is 13.8 Å². The molecule has 0 aromatic carbocycles. The van der Waals surface area contributed by atoms with Gasteiger partial charge in [0.1, 0.15) is 5.01 Å². The number of amides is 1. The highest BCUT2D eigenvalue weighted by Crippen LogP contribution is 2.12. The van der Waals surface area contributed by atoms with Crippen LogP contribution in [0.15, 0.2) is 5.38 Å². The molecule has 2 heterocycles. The second-order valence-corrected chi connectivity index (χ2v) is 4.74. The Morgan fingerprint density at radius 3 is 2.76 bits per heavy atom. The molecule has 6 nitrogen and oxygen atoms in total. The molecule has 0 radical (unpaired) electrons. The summed E-state index contributed by atoms with van der Waals surface area (Å²) in [6.07, 6.45) is 0. The van der Waals surface area contributed by atoms with Crippen LogP contribution >= 0.6 is 11.3 Å². The summed E-state index contributed by atoms with van der Waals surface area (Å²) in [7, 11) is 1.73. The molecule has 0 atom stereocenters. The molecule has 1 amide bonds. The SMILES string of the molecule is Cc1csc(CN(C)C(=O)c2n[nH]nc2C)n1. The van der Waals surface area contributed by atoms with Gasteiger partial charge in [-0.1, -0.05) is 0 Å². The third-order valence-corrected chi connectivity index (χ3v) is 3.26. The quantitative estimate of drug-likeness (QED) is 0.888. The predicted octanol–water partition coefficient (Wildman–Crippen LogP) is 1.15. The molecule has 0 aliphatic heterocycles. The predicted molar refractivity (Wildman–Crippen MR) is 63.8 cm³/mol. The van der Waals surface area contributed by atoms with Gasteiger partial charge in [0.15, 0.2) is 5.69 Å². The van der Waals surface area contributed by atoms with Crippen LogP contribution < -0.4 is 0 Å². The summed E-state index contributed by atoms with van der Waals surface area (Å²) < 4.78 is 0. The largest absolute Gasteiger partial charge is 0.333 e. The van der Waals surface area contributed by atoms with Crippen molar-refractivity contribution in [1.82, 2.24) is 25.3 Å². The van der Waals surface area contributed by atoms with Gasteiger partial charge < -0.3 is 4.90 Å². The third kappa shape index (κ3) is 2.50. The Morgan fingerprint density at radius 2 is 2.24 bits per heavy atom. The lowest BCUT2D eigenvalue weighted by Crippen LogP contribution is -2.27. The fourth-order valence-corrected chi connectivity index (χ4v) is 2.24. The van der Waals surface area contributed by atoms with Crippen molar-refractivity contribution in [3.63, 3.8) is 0 Å². The highest BCUT2D eigenvalue weighted by molar-refractivity contribution is 7.09. The first-order valence-electron chi connectivity index (χ1n) is 5.11. The number of carbonyl (C=O) groups is 1. The number of aromatic nitrogens is 4. The Morgan fingerprint density at radius 1 is 1.47 bits per heavy atom. The number of hydrogen-bond acceptors (Lipinski definition) is 5. The van der Waals surface area contributed by atoms with E-state index >= 15 is 0 Å². The molecule has 0 unspecified atom stereocenters. The van der Waals surface area contributed by atoms with Crippen LogP contribution in [-0.4, -0.2) is 38.2 Å². The lowest BCUT2D eigenvalue weighted by Gasteiger charge is -2.13. The summed E-state index contributed by atoms with van der Waals surface area (Å²) in [6.45, 7) is 4.17. The van der Waals surface area contributed by atoms with Gasteiger partial charge in [0.2, 0.25) is 0 Å². The van der Waals surface area contributed by atoms with E-state index in [0.29, 0.717) is 17.9 Å². The van der Waals surface area contributed by atoms with Gasteiger partial charge in [-0.15, -0.1) is 11.3 Å². The Labute approximate surface area is 103 Å². The number of nitrogens with zero attached hydrogens (tertiary/aromatic N) is 4. The standard InChI is InChI=1S/C10H13N5OS/c1-6-5-17-8(11-6)4-15(3)10(16)9-7(2)12-14-13-9/h5H,4H2,1-3H3,(H,12,13,14). The highest BCUT2D eigenvalue weighted by atomic mass is 32.1. The minimum Gasteiger partial charge on any atom is -0.333 e. The fraction of sp³-hybridized carbons (Fsp3) is 0.400. The first-order valence-corrected chi connectivity index (χ1v) is 5.99. The minimum atomic E-state index is -0.149. The Bertz CT molecular complexity index is 532. The monoisotopic (exact) mass is 251 g/mol. The van der Waals surface area contributed by atoms with Gasteiger partial charge in [-0.2, -0.15) is 15.4 Å². The fourth-order valence-electron chi connectivity index (χ4n) is 1.42. The van der Waals surface area contributed by atoms with Crippen molar-refractivity contribution in [2.24, 2.45) is 0 Å². The molecule has 0 fully saturated rings. The topological polar surface area (TPSA) is 74.8 Å². The lowest BCUT2D eigenvalue weighted by atomic mass is 10.3. The van der Waals surface area contributed by atoms with E-state index in [4.69, 9.17) is 0 Å². The average Bonchev–Trinajstić information content (AvgIpc) is 2.86. The van der Waals surface area contributed by atoms with Gasteiger partial charge >= 0.3 is 0 Å². The number of carbonyl (C=O) groups excluding carboxylic acids is 1. The van der Waals surface area contributed by atoms with Gasteiger partial charge in [-0.3, -0.25) is 4.79 Å². The van der Waals surface area contributed by atoms with Gasteiger partial charge in [-0.25, -0.2) is 4.98 Å². The van der Waals surface area contributed by atoms with Crippen LogP contribution in [0.4, 0.5) is 0 Å². The molecule has 2 rings (SSSR count). The molecular formula is C10H13N5OS. The highest BCUT2D eigenvalue weighted by Gasteiger charge is 2.18. The number of hydrogen-bond donors (Lipinski definition) is 1. The van der Waals surface area contributed by atoms with Crippen LogP contribution in [0.1, 0.15) is 26.9 Å². The van der Waals surface area contributed by atoms with E-state index in [9.17, 15) is 4.79 Å². The maximum absolute atomic E-state index is 12.0. The number of nitrogens with one attached hydrogen (secondary N) is 1. The molecular weight excluding hydrogens is 238 g/mol. The van der Waals surface area contributed by atoms with Gasteiger partial charge in [0.05, 0.1) is 12.2 Å². The van der Waals surface area contributed by atoms with E-state index in [2.05, 4.69) is 20.4 Å². The Kier molecular flexibility index (Phi) is 3.19. The first kappa shape index (κ1) is 11.7. The molecule has 0 saturated carbocycles. The van der Waals surface area contributed by atoms with E-state index in [1.165, 1.54) is 0 Å². The van der Waals surface area contributed by atoms with Crippen molar-refractivity contribution in [3.8, 4) is 0 Å². The zero-order valence-corrected chi connectivity index (χ0v) is 10.7. The number of aryl methyl sites for hydroxylation is 2. The summed E-state index contributed by atoms with van der Waals surface area (Å²) >= 11 is 1.55. The summed E-state index contributed by atoms with van der Waals surface area (Å²) in [5, 5.41) is 13.0. The molecule has 2 aromatic heterocycles. The molecule has 0 bridgehead atoms. The van der Waals surface area contributed by atoms with Crippen LogP contribution in [0.25, 0.3) is 0 Å². The van der Waals surface area contributed by atoms with Crippen LogP contribution in [0.2, 0.25) is 0 Å². The second-order valence-electron chi connectivity index (χ2n) is 3.80. The first-order chi connectivity index (χ1) is 8.08. The van der Waals surface area contributed by atoms with E-state index in [1.54, 1.807) is 30.2 Å². The minimum absolute atomic E-state index is 0.149. The molecule has 7 heteroatoms. The van der Waals surface area contributed by atoms with Crippen LogP contribution in [0.5, 0.6) is 0 Å². The Balaban J connectivity index is 2.08. The summed E-state index contributed by atoms with van der Waals surface area (Å²) in [6, 6.07) is 0. The summed E-state index contributed by atoms with van der Waals surface area (Å²) in [4.78, 5) is 17.9. The molecule has 0 spiro atoms. The molecule has 17 heavy (non-hydrogen) atoms. The normalized spacial score (nSPS) is 10.5. The smallest absolute Gasteiger partial charge is 0.276 e. The molecule has 0 aliphatic carbocycles. The molecule has 1 N–H and O–H groups in total. The van der Waals surface area contributed by atoms with Crippen molar-refractivity contribution >= 4 is 17.2 Å². The van der Waals surface area contributed by atoms with Crippen LogP contribution in [-0.2, 0) is 6.54 Å². The number of thiazole rings is 1. The third-order valence-electron chi connectivity index (χ3n) is 2.31. The van der Waals surface area contributed by atoms with Crippen LogP contribution in [0, 0.1) is 13.8 Å².